The van der Waals surface area contributed by atoms with E-state index in [9.17, 15) is 0 Å². The fourth-order valence-corrected chi connectivity index (χ4v) is 4.53. The molecule has 0 spiro atoms. The van der Waals surface area contributed by atoms with Crippen LogP contribution < -0.4 is 0 Å². The number of hydrogen-bond acceptors (Lipinski definition) is 0. The van der Waals surface area contributed by atoms with Crippen molar-refractivity contribution in [2.45, 2.75) is 46.0 Å². The molecule has 2 aliphatic rings. The van der Waals surface area contributed by atoms with Crippen molar-refractivity contribution in [2.24, 2.45) is 11.8 Å². The third-order valence-corrected chi connectivity index (χ3v) is 6.34. The van der Waals surface area contributed by atoms with Gasteiger partial charge in [0.25, 0.3) is 0 Å². The van der Waals surface area contributed by atoms with Crippen molar-refractivity contribution < 1.29 is 8.97 Å². The molecule has 0 aromatic rings. The molecule has 2 rings (SSSR count). The first-order valence-corrected chi connectivity index (χ1v) is 8.67. The summed E-state index contributed by atoms with van der Waals surface area (Å²) < 4.78 is 2.63. The fourth-order valence-electron chi connectivity index (χ4n) is 4.53. The zero-order valence-electron chi connectivity index (χ0n) is 13.8. The largest absolute Gasteiger partial charge is 0.326 e. The van der Waals surface area contributed by atoms with Crippen LogP contribution in [0.1, 0.15) is 46.0 Å². The number of fused-ring (bicyclic) bond motifs is 1. The lowest BCUT2D eigenvalue weighted by atomic mass is 9.82. The molecule has 19 heavy (non-hydrogen) atoms. The summed E-state index contributed by atoms with van der Waals surface area (Å²) in [6.07, 6.45) is 7.46. The van der Waals surface area contributed by atoms with Gasteiger partial charge in [-0.15, -0.1) is 0 Å². The van der Waals surface area contributed by atoms with Crippen LogP contribution >= 0.6 is 0 Å². The standard InChI is InChI=1S/C17H36N2/c1-5-18(3,6-2)12-9-13-19(4)14-16-10-7-8-11-17(16)15-19/h16-17H,5-15H2,1-4H3/q+2/t16-,17-/m0/s1. The van der Waals surface area contributed by atoms with Gasteiger partial charge in [-0.25, -0.2) is 0 Å². The minimum absolute atomic E-state index is 1.07. The molecule has 1 saturated heterocycles. The third kappa shape index (κ3) is 3.72. The second-order valence-electron chi connectivity index (χ2n) is 7.84. The van der Waals surface area contributed by atoms with E-state index in [-0.39, 0.29) is 0 Å². The molecular formula is C17H36N2+2. The molecule has 1 aliphatic carbocycles. The Morgan fingerprint density at radius 3 is 2.00 bits per heavy atom. The Balaban J connectivity index is 1.79. The van der Waals surface area contributed by atoms with Crippen molar-refractivity contribution in [1.82, 2.24) is 0 Å². The molecule has 0 aromatic carbocycles. The summed E-state index contributed by atoms with van der Waals surface area (Å²) in [5.74, 6) is 2.13. The highest BCUT2D eigenvalue weighted by Crippen LogP contribution is 2.39. The van der Waals surface area contributed by atoms with Gasteiger partial charge < -0.3 is 8.97 Å². The van der Waals surface area contributed by atoms with Crippen molar-refractivity contribution >= 4 is 0 Å². The average Bonchev–Trinajstić information content (AvgIpc) is 2.74. The van der Waals surface area contributed by atoms with E-state index < -0.39 is 0 Å². The molecule has 2 atom stereocenters. The molecular weight excluding hydrogens is 232 g/mol. The molecule has 0 amide bonds. The average molecular weight is 268 g/mol. The van der Waals surface area contributed by atoms with Crippen LogP contribution in [0.4, 0.5) is 0 Å². The molecule has 2 fully saturated rings. The maximum atomic E-state index is 2.53. The van der Waals surface area contributed by atoms with Crippen LogP contribution in [0.25, 0.3) is 0 Å². The van der Waals surface area contributed by atoms with E-state index in [0.29, 0.717) is 0 Å². The van der Waals surface area contributed by atoms with E-state index in [4.69, 9.17) is 0 Å². The molecule has 0 radical (unpaired) electrons. The summed E-state index contributed by atoms with van der Waals surface area (Å²) in [5, 5.41) is 0. The number of nitrogens with zero attached hydrogens (tertiary/aromatic N) is 2. The smallest absolute Gasteiger partial charge is 0.0839 e. The minimum Gasteiger partial charge on any atom is -0.326 e. The van der Waals surface area contributed by atoms with Crippen LogP contribution in [0.15, 0.2) is 0 Å². The van der Waals surface area contributed by atoms with Gasteiger partial charge in [0.15, 0.2) is 0 Å². The van der Waals surface area contributed by atoms with E-state index in [1.54, 1.807) is 0 Å². The van der Waals surface area contributed by atoms with E-state index in [1.807, 2.05) is 0 Å². The SMILES string of the molecule is CC[N+](C)(CC)CCC[N+]1(C)C[C@@H]2CCCC[C@H]2C1. The molecule has 1 saturated carbocycles. The van der Waals surface area contributed by atoms with Crippen LogP contribution in [0, 0.1) is 11.8 Å². The monoisotopic (exact) mass is 268 g/mol. The number of rotatable bonds is 6. The highest BCUT2D eigenvalue weighted by Gasteiger charge is 2.43. The van der Waals surface area contributed by atoms with Crippen LogP contribution in [0.2, 0.25) is 0 Å². The van der Waals surface area contributed by atoms with Crippen molar-refractivity contribution in [3.05, 3.63) is 0 Å². The summed E-state index contributed by atoms with van der Waals surface area (Å²) in [5.41, 5.74) is 0. The lowest BCUT2D eigenvalue weighted by molar-refractivity contribution is -0.922. The topological polar surface area (TPSA) is 0 Å². The Kier molecular flexibility index (Phi) is 4.94. The summed E-state index contributed by atoms with van der Waals surface area (Å²) in [7, 11) is 4.95. The van der Waals surface area contributed by atoms with Crippen molar-refractivity contribution in [2.75, 3.05) is 53.4 Å². The first-order chi connectivity index (χ1) is 9.00. The van der Waals surface area contributed by atoms with Crippen LogP contribution in [0.5, 0.6) is 0 Å². The van der Waals surface area contributed by atoms with Crippen LogP contribution in [0.3, 0.4) is 0 Å². The highest BCUT2D eigenvalue weighted by atomic mass is 15.4. The fraction of sp³-hybridized carbons (Fsp3) is 1.00. The molecule has 1 aliphatic heterocycles. The normalized spacial score (nSPS) is 30.3. The van der Waals surface area contributed by atoms with Gasteiger partial charge in [0, 0.05) is 18.3 Å². The molecule has 2 heteroatoms. The molecule has 0 aromatic heterocycles. The Labute approximate surface area is 121 Å². The van der Waals surface area contributed by atoms with Gasteiger partial charge in [0.1, 0.15) is 0 Å². The van der Waals surface area contributed by atoms with Crippen LogP contribution in [-0.4, -0.2) is 62.3 Å². The Bertz CT molecular complexity index is 269. The quantitative estimate of drug-likeness (QED) is 0.649. The lowest BCUT2D eigenvalue weighted by Crippen LogP contribution is -2.48. The molecule has 0 unspecified atom stereocenters. The van der Waals surface area contributed by atoms with Gasteiger partial charge in [0.05, 0.1) is 53.4 Å². The van der Waals surface area contributed by atoms with E-state index in [2.05, 4.69) is 27.9 Å². The Morgan fingerprint density at radius 2 is 1.53 bits per heavy atom. The van der Waals surface area contributed by atoms with Crippen molar-refractivity contribution in [3.8, 4) is 0 Å². The van der Waals surface area contributed by atoms with Gasteiger partial charge in [0.2, 0.25) is 0 Å². The van der Waals surface area contributed by atoms with Gasteiger partial charge >= 0.3 is 0 Å². The summed E-state index contributed by atoms with van der Waals surface area (Å²) in [6.45, 7) is 13.0. The minimum atomic E-state index is 1.07. The van der Waals surface area contributed by atoms with Crippen molar-refractivity contribution in [3.63, 3.8) is 0 Å². The van der Waals surface area contributed by atoms with E-state index in [0.717, 1.165) is 11.8 Å². The molecule has 112 valence electrons. The molecule has 0 bridgehead atoms. The summed E-state index contributed by atoms with van der Waals surface area (Å²) in [6, 6.07) is 0. The predicted molar refractivity (Wildman–Crippen MR) is 83.0 cm³/mol. The second kappa shape index (κ2) is 6.13. The van der Waals surface area contributed by atoms with Gasteiger partial charge in [-0.3, -0.25) is 0 Å². The maximum absolute atomic E-state index is 2.53. The first kappa shape index (κ1) is 15.3. The van der Waals surface area contributed by atoms with Gasteiger partial charge in [-0.05, 0) is 26.7 Å². The van der Waals surface area contributed by atoms with Crippen LogP contribution in [-0.2, 0) is 0 Å². The van der Waals surface area contributed by atoms with E-state index in [1.165, 1.54) is 80.3 Å². The zero-order chi connectivity index (χ0) is 13.9. The maximum Gasteiger partial charge on any atom is 0.0839 e. The number of hydrogen-bond donors (Lipinski definition) is 0. The first-order valence-electron chi connectivity index (χ1n) is 8.67. The number of likely N-dealkylation sites (tertiary alicyclic amines) is 1. The predicted octanol–water partition coefficient (Wildman–Crippen LogP) is 3.13. The lowest BCUT2D eigenvalue weighted by Gasteiger charge is -2.35. The summed E-state index contributed by atoms with van der Waals surface area (Å²) in [4.78, 5) is 0. The number of quaternary nitrogens is 2. The van der Waals surface area contributed by atoms with Gasteiger partial charge in [-0.1, -0.05) is 12.8 Å². The van der Waals surface area contributed by atoms with E-state index >= 15 is 0 Å². The molecule has 0 N–H and O–H groups in total. The highest BCUT2D eigenvalue weighted by molar-refractivity contribution is 4.80. The molecule has 2 nitrogen and oxygen atoms in total. The third-order valence-electron chi connectivity index (χ3n) is 6.34. The second-order valence-corrected chi connectivity index (χ2v) is 7.84. The van der Waals surface area contributed by atoms with Gasteiger partial charge in [-0.2, -0.15) is 0 Å². The molecule has 1 heterocycles. The van der Waals surface area contributed by atoms with Crippen molar-refractivity contribution in [1.29, 1.82) is 0 Å². The summed E-state index contributed by atoms with van der Waals surface area (Å²) >= 11 is 0. The Hall–Kier alpha value is -0.0800. The Morgan fingerprint density at radius 1 is 1.00 bits per heavy atom. The zero-order valence-corrected chi connectivity index (χ0v) is 13.8.